The van der Waals surface area contributed by atoms with Crippen molar-refractivity contribution in [2.75, 3.05) is 0 Å². The van der Waals surface area contributed by atoms with Crippen molar-refractivity contribution in [2.24, 2.45) is 0 Å². The second-order valence-electron chi connectivity index (χ2n) is 5.33. The molecular weight excluding hydrogens is 419 g/mol. The summed E-state index contributed by atoms with van der Waals surface area (Å²) >= 11 is 16.3. The molecule has 5 atom stereocenters. The van der Waals surface area contributed by atoms with Crippen LogP contribution in [-0.4, -0.2) is 58.4 Å². The van der Waals surface area contributed by atoms with Crippen molar-refractivity contribution in [3.63, 3.8) is 0 Å². The van der Waals surface area contributed by atoms with Crippen LogP contribution < -0.4 is 0 Å². The van der Waals surface area contributed by atoms with Gasteiger partial charge in [-0.15, -0.1) is 0 Å². The van der Waals surface area contributed by atoms with Gasteiger partial charge in [-0.25, -0.2) is 4.79 Å². The number of esters is 4. The first-order chi connectivity index (χ1) is 11.8. The molecule has 0 aromatic rings. The van der Waals surface area contributed by atoms with E-state index in [1.54, 1.807) is 0 Å². The zero-order valence-corrected chi connectivity index (χ0v) is 16.5. The molecule has 0 spiro atoms. The number of ether oxygens (including phenoxy) is 5. The first-order valence-corrected chi connectivity index (χ1v) is 8.41. The predicted octanol–water partition coefficient (Wildman–Crippen LogP) is 1.44. The molecule has 1 aliphatic rings. The highest BCUT2D eigenvalue weighted by atomic mass is 35.6. The molecule has 0 aromatic carbocycles. The molecule has 0 bridgehead atoms. The van der Waals surface area contributed by atoms with Crippen molar-refractivity contribution >= 4 is 58.7 Å². The van der Waals surface area contributed by atoms with Crippen LogP contribution in [-0.2, 0) is 42.9 Å². The third kappa shape index (κ3) is 6.46. The van der Waals surface area contributed by atoms with Crippen LogP contribution in [0.1, 0.15) is 27.7 Å². The molecule has 0 aromatic heterocycles. The number of rotatable bonds is 4. The topological polar surface area (TPSA) is 114 Å². The molecule has 26 heavy (non-hydrogen) atoms. The SMILES string of the molecule is CC(=O)O[C@@H]1[C@@H](OC(C)=O)[C@H](C)O[C@@H](OC(=O)C(Cl)(Cl)Cl)[C@@H]1OC(C)=O. The van der Waals surface area contributed by atoms with Crippen LogP contribution >= 0.6 is 34.8 Å². The normalized spacial score (nSPS) is 28.7. The fourth-order valence-corrected chi connectivity index (χ4v) is 2.37. The van der Waals surface area contributed by atoms with Gasteiger partial charge >= 0.3 is 23.9 Å². The Balaban J connectivity index is 3.21. The summed E-state index contributed by atoms with van der Waals surface area (Å²) in [4.78, 5) is 46.1. The Kier molecular flexibility index (Phi) is 7.94. The highest BCUT2D eigenvalue weighted by molar-refractivity contribution is 6.75. The Morgan fingerprint density at radius 2 is 1.19 bits per heavy atom. The summed E-state index contributed by atoms with van der Waals surface area (Å²) in [5.74, 6) is -3.56. The molecule has 1 heterocycles. The Hall–Kier alpha value is -1.29. The Morgan fingerprint density at radius 1 is 0.769 bits per heavy atom. The number of carbonyl (C=O) groups is 4. The van der Waals surface area contributed by atoms with Gasteiger partial charge in [0.15, 0.2) is 12.2 Å². The fourth-order valence-electron chi connectivity index (χ4n) is 2.24. The van der Waals surface area contributed by atoms with Crippen LogP contribution in [0.25, 0.3) is 0 Å². The van der Waals surface area contributed by atoms with E-state index in [9.17, 15) is 19.2 Å². The quantitative estimate of drug-likeness (QED) is 0.367. The second kappa shape index (κ2) is 9.07. The minimum Gasteiger partial charge on any atom is -0.456 e. The van der Waals surface area contributed by atoms with Gasteiger partial charge in [0.1, 0.15) is 0 Å². The molecule has 0 saturated carbocycles. The fraction of sp³-hybridized carbons (Fsp3) is 0.714. The number of halogens is 3. The van der Waals surface area contributed by atoms with Crippen molar-refractivity contribution in [1.82, 2.24) is 0 Å². The smallest absolute Gasteiger partial charge is 0.360 e. The molecule has 9 nitrogen and oxygen atoms in total. The summed E-state index contributed by atoms with van der Waals surface area (Å²) in [5, 5.41) is 0. The first kappa shape index (κ1) is 22.8. The molecule has 0 unspecified atom stereocenters. The molecule has 1 rings (SSSR count). The molecule has 12 heteroatoms. The van der Waals surface area contributed by atoms with Crippen molar-refractivity contribution in [2.45, 2.75) is 62.2 Å². The average molecular weight is 436 g/mol. The molecule has 0 amide bonds. The third-order valence-corrected chi connectivity index (χ3v) is 3.55. The van der Waals surface area contributed by atoms with Gasteiger partial charge < -0.3 is 23.7 Å². The largest absolute Gasteiger partial charge is 0.456 e. The van der Waals surface area contributed by atoms with E-state index in [1.807, 2.05) is 0 Å². The number of carbonyl (C=O) groups excluding carboxylic acids is 4. The van der Waals surface area contributed by atoms with Gasteiger partial charge in [-0.2, -0.15) is 0 Å². The van der Waals surface area contributed by atoms with E-state index >= 15 is 0 Å². The Morgan fingerprint density at radius 3 is 1.62 bits per heavy atom. The predicted molar refractivity (Wildman–Crippen MR) is 87.4 cm³/mol. The van der Waals surface area contributed by atoms with Crippen LogP contribution in [0.2, 0.25) is 0 Å². The maximum atomic E-state index is 11.8. The van der Waals surface area contributed by atoms with Crippen LogP contribution in [0.4, 0.5) is 0 Å². The summed E-state index contributed by atoms with van der Waals surface area (Å²) in [7, 11) is 0. The number of hydrogen-bond donors (Lipinski definition) is 0. The van der Waals surface area contributed by atoms with Crippen LogP contribution in [0.15, 0.2) is 0 Å². The monoisotopic (exact) mass is 434 g/mol. The summed E-state index contributed by atoms with van der Waals surface area (Å²) < 4.78 is 23.2. The van der Waals surface area contributed by atoms with Crippen LogP contribution in [0.3, 0.4) is 0 Å². The van der Waals surface area contributed by atoms with E-state index in [2.05, 4.69) is 0 Å². The minimum absolute atomic E-state index is 0.694. The van der Waals surface area contributed by atoms with E-state index in [1.165, 1.54) is 6.92 Å². The number of hydrogen-bond acceptors (Lipinski definition) is 9. The zero-order chi connectivity index (χ0) is 20.2. The third-order valence-electron chi connectivity index (χ3n) is 3.09. The minimum atomic E-state index is -2.42. The van der Waals surface area contributed by atoms with Crippen LogP contribution in [0, 0.1) is 0 Å². The number of alkyl halides is 3. The van der Waals surface area contributed by atoms with Crippen molar-refractivity contribution in [1.29, 1.82) is 0 Å². The molecule has 1 aliphatic heterocycles. The first-order valence-electron chi connectivity index (χ1n) is 7.27. The maximum Gasteiger partial charge on any atom is 0.360 e. The van der Waals surface area contributed by atoms with Gasteiger partial charge in [0.2, 0.25) is 12.4 Å². The molecular formula is C14H17Cl3O9. The highest BCUT2D eigenvalue weighted by Crippen LogP contribution is 2.33. The van der Waals surface area contributed by atoms with E-state index in [0.29, 0.717) is 0 Å². The van der Waals surface area contributed by atoms with E-state index in [0.717, 1.165) is 20.8 Å². The van der Waals surface area contributed by atoms with Crippen molar-refractivity contribution in [3.05, 3.63) is 0 Å². The van der Waals surface area contributed by atoms with Crippen molar-refractivity contribution < 1.29 is 42.9 Å². The summed E-state index contributed by atoms with van der Waals surface area (Å²) in [6.45, 7) is 4.76. The lowest BCUT2D eigenvalue weighted by Gasteiger charge is -2.43. The molecule has 148 valence electrons. The van der Waals surface area contributed by atoms with Gasteiger partial charge in [0.05, 0.1) is 6.10 Å². The summed E-state index contributed by atoms with van der Waals surface area (Å²) in [5.41, 5.74) is 0. The summed E-state index contributed by atoms with van der Waals surface area (Å²) in [6.07, 6.45) is -6.41. The molecule has 0 aliphatic carbocycles. The lowest BCUT2D eigenvalue weighted by Crippen LogP contribution is -2.61. The summed E-state index contributed by atoms with van der Waals surface area (Å²) in [6, 6.07) is 0. The molecule has 1 saturated heterocycles. The van der Waals surface area contributed by atoms with E-state index in [4.69, 9.17) is 58.5 Å². The van der Waals surface area contributed by atoms with Crippen LogP contribution in [0.5, 0.6) is 0 Å². The second-order valence-corrected chi connectivity index (χ2v) is 7.62. The lowest BCUT2D eigenvalue weighted by atomic mass is 9.99. The van der Waals surface area contributed by atoms with Gasteiger partial charge in [-0.05, 0) is 6.92 Å². The standard InChI is InChI=1S/C14H17Cl3O9/c1-5-9(23-6(2)18)10(24-7(3)19)11(25-8(4)20)12(22-5)26-13(21)14(15,16)17/h5,9-12H,1-4H3/t5-,9-,10+,11+,12-/m0/s1. The lowest BCUT2D eigenvalue weighted by molar-refractivity contribution is -0.293. The van der Waals surface area contributed by atoms with E-state index in [-0.39, 0.29) is 0 Å². The Labute approximate surface area is 164 Å². The van der Waals surface area contributed by atoms with Gasteiger partial charge in [0.25, 0.3) is 3.79 Å². The maximum absolute atomic E-state index is 11.8. The molecule has 1 fully saturated rings. The van der Waals surface area contributed by atoms with Gasteiger partial charge in [-0.1, -0.05) is 34.8 Å². The van der Waals surface area contributed by atoms with Gasteiger partial charge in [-0.3, -0.25) is 14.4 Å². The van der Waals surface area contributed by atoms with Gasteiger partial charge in [0, 0.05) is 20.8 Å². The highest BCUT2D eigenvalue weighted by Gasteiger charge is 2.53. The molecule has 0 radical (unpaired) electrons. The Bertz CT molecular complexity index is 575. The van der Waals surface area contributed by atoms with Crippen molar-refractivity contribution in [3.8, 4) is 0 Å². The zero-order valence-electron chi connectivity index (χ0n) is 14.2. The van der Waals surface area contributed by atoms with E-state index < -0.39 is 58.4 Å². The molecule has 0 N–H and O–H groups in total. The average Bonchev–Trinajstić information content (AvgIpc) is 2.44.